The number of hydrogen-bond donors (Lipinski definition) is 1. The van der Waals surface area contributed by atoms with Gasteiger partial charge in [0.2, 0.25) is 0 Å². The van der Waals surface area contributed by atoms with Crippen molar-refractivity contribution in [2.24, 2.45) is 5.41 Å². The van der Waals surface area contributed by atoms with E-state index in [9.17, 15) is 8.42 Å². The van der Waals surface area contributed by atoms with Gasteiger partial charge in [0.1, 0.15) is 0 Å². The molecule has 0 aromatic carbocycles. The predicted octanol–water partition coefficient (Wildman–Crippen LogP) is 0.827. The molecule has 0 aromatic heterocycles. The number of nitrogens with one attached hydrogen (secondary N) is 1. The van der Waals surface area contributed by atoms with Gasteiger partial charge in [-0.2, -0.15) is 5.26 Å². The minimum absolute atomic E-state index is 0.0931. The van der Waals surface area contributed by atoms with Crippen LogP contribution in [-0.2, 0) is 9.84 Å². The van der Waals surface area contributed by atoms with Crippen molar-refractivity contribution in [3.05, 3.63) is 11.5 Å². The Bertz CT molecular complexity index is 390. The number of nitriles is 1. The number of nitrogens with zero attached hydrogens (tertiary/aromatic N) is 1. The molecule has 0 amide bonds. The lowest BCUT2D eigenvalue weighted by Crippen LogP contribution is -2.32. The van der Waals surface area contributed by atoms with Crippen molar-refractivity contribution in [2.75, 3.05) is 12.3 Å². The second-order valence-electron chi connectivity index (χ2n) is 4.46. The molecule has 1 N–H and O–H groups in total. The van der Waals surface area contributed by atoms with E-state index in [0.29, 0.717) is 13.0 Å². The van der Waals surface area contributed by atoms with Crippen LogP contribution in [0.15, 0.2) is 11.5 Å². The topological polar surface area (TPSA) is 70.0 Å². The molecular weight excluding hydrogens is 212 g/mol. The molecule has 4 nitrogen and oxygen atoms in total. The molecule has 1 aliphatic heterocycles. The van der Waals surface area contributed by atoms with Gasteiger partial charge in [0.05, 0.1) is 17.2 Å². The molecule has 1 atom stereocenters. The molecule has 15 heavy (non-hydrogen) atoms. The molecule has 1 aliphatic rings. The summed E-state index contributed by atoms with van der Waals surface area (Å²) >= 11 is 0. The number of hydrogen-bond acceptors (Lipinski definition) is 4. The molecule has 1 rings (SSSR count). The normalized spacial score (nSPS) is 23.9. The Balaban J connectivity index is 2.30. The van der Waals surface area contributed by atoms with Crippen molar-refractivity contribution in [1.82, 2.24) is 5.32 Å². The average molecular weight is 228 g/mol. The molecule has 0 radical (unpaired) electrons. The third-order valence-electron chi connectivity index (χ3n) is 2.39. The second-order valence-corrected chi connectivity index (χ2v) is 6.40. The highest BCUT2D eigenvalue weighted by atomic mass is 32.2. The first kappa shape index (κ1) is 12.2. The molecule has 0 aromatic rings. The molecule has 5 heteroatoms. The summed E-state index contributed by atoms with van der Waals surface area (Å²) in [6.07, 6.45) is 2.38. The van der Waals surface area contributed by atoms with Gasteiger partial charge in [-0.1, -0.05) is 6.08 Å². The minimum atomic E-state index is -2.97. The predicted molar refractivity (Wildman–Crippen MR) is 58.7 cm³/mol. The lowest BCUT2D eigenvalue weighted by molar-refractivity contribution is 0.427. The third-order valence-corrected chi connectivity index (χ3v) is 3.78. The van der Waals surface area contributed by atoms with Crippen LogP contribution in [-0.4, -0.2) is 26.8 Å². The lowest BCUT2D eigenvalue weighted by Gasteiger charge is -2.16. The molecule has 84 valence electrons. The van der Waals surface area contributed by atoms with E-state index in [2.05, 4.69) is 11.4 Å². The molecule has 0 bridgehead atoms. The van der Waals surface area contributed by atoms with Crippen LogP contribution >= 0.6 is 0 Å². The van der Waals surface area contributed by atoms with Gasteiger partial charge in [-0.15, -0.1) is 0 Å². The maximum absolute atomic E-state index is 11.1. The maximum Gasteiger partial charge on any atom is 0.173 e. The summed E-state index contributed by atoms with van der Waals surface area (Å²) in [5.74, 6) is 0.139. The standard InChI is InChI=1S/C10H16N2O2S/c1-10(2,8-11)4-5-12-9-3-6-15(13,14)7-9/h3,6,9,12H,4-5,7H2,1-2H3. The molecule has 0 aliphatic carbocycles. The maximum atomic E-state index is 11.1. The first-order valence-electron chi connectivity index (χ1n) is 4.90. The van der Waals surface area contributed by atoms with Crippen molar-refractivity contribution in [3.63, 3.8) is 0 Å². The van der Waals surface area contributed by atoms with Crippen molar-refractivity contribution >= 4 is 9.84 Å². The molecule has 0 saturated carbocycles. The van der Waals surface area contributed by atoms with Crippen LogP contribution < -0.4 is 5.32 Å². The van der Waals surface area contributed by atoms with Crippen LogP contribution in [0.2, 0.25) is 0 Å². The quantitative estimate of drug-likeness (QED) is 0.773. The molecule has 1 heterocycles. The summed E-state index contributed by atoms with van der Waals surface area (Å²) in [5.41, 5.74) is -0.353. The summed E-state index contributed by atoms with van der Waals surface area (Å²) in [5, 5.41) is 13.1. The highest BCUT2D eigenvalue weighted by Crippen LogP contribution is 2.17. The first-order chi connectivity index (χ1) is 6.85. The summed E-state index contributed by atoms with van der Waals surface area (Å²) in [4.78, 5) is 0. The largest absolute Gasteiger partial charge is 0.309 e. The highest BCUT2D eigenvalue weighted by Gasteiger charge is 2.22. The molecular formula is C10H16N2O2S. The Morgan fingerprint density at radius 3 is 2.73 bits per heavy atom. The van der Waals surface area contributed by atoms with E-state index >= 15 is 0 Å². The first-order valence-corrected chi connectivity index (χ1v) is 6.62. The Morgan fingerprint density at radius 2 is 2.27 bits per heavy atom. The smallest absolute Gasteiger partial charge is 0.173 e. The Hall–Kier alpha value is -0.860. The second kappa shape index (κ2) is 4.33. The van der Waals surface area contributed by atoms with Crippen molar-refractivity contribution in [3.8, 4) is 6.07 Å². The van der Waals surface area contributed by atoms with E-state index in [1.54, 1.807) is 6.08 Å². The van der Waals surface area contributed by atoms with Crippen LogP contribution in [0.25, 0.3) is 0 Å². The molecule has 0 fully saturated rings. The number of sulfone groups is 1. The van der Waals surface area contributed by atoms with Crippen LogP contribution in [0.3, 0.4) is 0 Å². The SMILES string of the molecule is CC(C)(C#N)CCNC1C=CS(=O)(=O)C1. The summed E-state index contributed by atoms with van der Waals surface area (Å²) in [6, 6.07) is 2.11. The zero-order valence-electron chi connectivity index (χ0n) is 9.03. The van der Waals surface area contributed by atoms with Crippen LogP contribution in [0.5, 0.6) is 0 Å². The minimum Gasteiger partial charge on any atom is -0.309 e. The van der Waals surface area contributed by atoms with E-state index in [0.717, 1.165) is 0 Å². The van der Waals surface area contributed by atoms with Crippen molar-refractivity contribution < 1.29 is 8.42 Å². The monoisotopic (exact) mass is 228 g/mol. The lowest BCUT2D eigenvalue weighted by atomic mass is 9.91. The molecule has 1 unspecified atom stereocenters. The Labute approximate surface area is 90.9 Å². The summed E-state index contributed by atoms with van der Waals surface area (Å²) in [7, 11) is -2.97. The molecule has 0 spiro atoms. The van der Waals surface area contributed by atoms with Gasteiger partial charge < -0.3 is 5.32 Å². The number of rotatable bonds is 4. The summed E-state index contributed by atoms with van der Waals surface area (Å²) < 4.78 is 22.2. The zero-order chi connectivity index (χ0) is 11.5. The Kier molecular flexibility index (Phi) is 3.53. The van der Waals surface area contributed by atoms with E-state index in [4.69, 9.17) is 5.26 Å². The fraction of sp³-hybridized carbons (Fsp3) is 0.700. The van der Waals surface area contributed by atoms with E-state index in [1.807, 2.05) is 13.8 Å². The van der Waals surface area contributed by atoms with Gasteiger partial charge in [0.15, 0.2) is 9.84 Å². The van der Waals surface area contributed by atoms with E-state index in [1.165, 1.54) is 5.41 Å². The van der Waals surface area contributed by atoms with Gasteiger partial charge in [0.25, 0.3) is 0 Å². The summed E-state index contributed by atoms with van der Waals surface area (Å²) in [6.45, 7) is 4.40. The van der Waals surface area contributed by atoms with Crippen LogP contribution in [0, 0.1) is 16.7 Å². The Morgan fingerprint density at radius 1 is 1.60 bits per heavy atom. The van der Waals surface area contributed by atoms with E-state index < -0.39 is 9.84 Å². The fourth-order valence-electron chi connectivity index (χ4n) is 1.33. The van der Waals surface area contributed by atoms with Crippen molar-refractivity contribution in [1.29, 1.82) is 5.26 Å². The van der Waals surface area contributed by atoms with E-state index in [-0.39, 0.29) is 17.2 Å². The van der Waals surface area contributed by atoms with Gasteiger partial charge in [0, 0.05) is 11.4 Å². The highest BCUT2D eigenvalue weighted by molar-refractivity contribution is 7.94. The third kappa shape index (κ3) is 4.02. The fourth-order valence-corrected chi connectivity index (χ4v) is 2.60. The molecule has 0 saturated heterocycles. The van der Waals surface area contributed by atoms with Gasteiger partial charge >= 0.3 is 0 Å². The van der Waals surface area contributed by atoms with Crippen LogP contribution in [0.4, 0.5) is 0 Å². The average Bonchev–Trinajstić information content (AvgIpc) is 2.45. The van der Waals surface area contributed by atoms with Crippen LogP contribution in [0.1, 0.15) is 20.3 Å². The van der Waals surface area contributed by atoms with Gasteiger partial charge in [-0.3, -0.25) is 0 Å². The van der Waals surface area contributed by atoms with Gasteiger partial charge in [-0.05, 0) is 26.8 Å². The van der Waals surface area contributed by atoms with Gasteiger partial charge in [-0.25, -0.2) is 8.42 Å². The van der Waals surface area contributed by atoms with Crippen molar-refractivity contribution in [2.45, 2.75) is 26.3 Å². The zero-order valence-corrected chi connectivity index (χ0v) is 9.84.